The maximum atomic E-state index is 4.54. The van der Waals surface area contributed by atoms with Gasteiger partial charge in [-0.1, -0.05) is 60.7 Å². The molecule has 0 saturated heterocycles. The number of rotatable bonds is 1. The second-order valence-electron chi connectivity index (χ2n) is 2.87. The van der Waals surface area contributed by atoms with E-state index >= 15 is 0 Å². The van der Waals surface area contributed by atoms with E-state index in [-0.39, 0.29) is 0 Å². The van der Waals surface area contributed by atoms with Gasteiger partial charge >= 0.3 is 0 Å². The highest BCUT2D eigenvalue weighted by Gasteiger charge is 1.91. The lowest BCUT2D eigenvalue weighted by Gasteiger charge is -1.98. The normalized spacial score (nSPS) is 8.93. The topological polar surface area (TPSA) is 52.0 Å². The van der Waals surface area contributed by atoms with Gasteiger partial charge in [0.15, 0.2) is 0 Å². The maximum Gasteiger partial charge on any atom is -0.00297 e. The van der Waals surface area contributed by atoms with Crippen molar-refractivity contribution in [3.8, 4) is 11.1 Å². The van der Waals surface area contributed by atoms with Gasteiger partial charge in [-0.05, 0) is 23.3 Å². The molecule has 0 aliphatic carbocycles. The van der Waals surface area contributed by atoms with Crippen molar-refractivity contribution in [1.82, 2.24) is 0 Å². The Balaban J connectivity index is 0.000000337. The summed E-state index contributed by atoms with van der Waals surface area (Å²) < 4.78 is 0. The van der Waals surface area contributed by atoms with Crippen molar-refractivity contribution in [3.05, 3.63) is 60.7 Å². The zero-order valence-electron chi connectivity index (χ0n) is 8.34. The van der Waals surface area contributed by atoms with Gasteiger partial charge < -0.3 is 0 Å². The molecule has 78 valence electrons. The Bertz CT molecular complexity index is 324. The first kappa shape index (κ1) is 11.8. The SMILES string of the molecule is NSN.c1ccc(-c2ccccc2)cc1. The van der Waals surface area contributed by atoms with E-state index < -0.39 is 0 Å². The molecule has 3 heteroatoms. The second-order valence-corrected chi connectivity index (χ2v) is 3.14. The van der Waals surface area contributed by atoms with Crippen LogP contribution in [0.5, 0.6) is 0 Å². The smallest absolute Gasteiger partial charge is 0.00297 e. The molecule has 2 aromatic rings. The van der Waals surface area contributed by atoms with Crippen LogP contribution in [0.25, 0.3) is 11.1 Å². The first-order valence-electron chi connectivity index (χ1n) is 4.54. The summed E-state index contributed by atoms with van der Waals surface area (Å²) >= 11 is 0.750. The van der Waals surface area contributed by atoms with Crippen LogP contribution in [0.1, 0.15) is 0 Å². The molecule has 0 radical (unpaired) electrons. The standard InChI is InChI=1S/C12H10.H4N2S/c1-3-7-11(8-4-1)12-9-5-2-6-10-12;1-3-2/h1-10H;1-2H2. The fraction of sp³-hybridized carbons (Fsp3) is 0. The van der Waals surface area contributed by atoms with Crippen molar-refractivity contribution in [2.45, 2.75) is 0 Å². The van der Waals surface area contributed by atoms with Gasteiger partial charge in [-0.15, -0.1) is 0 Å². The summed E-state index contributed by atoms with van der Waals surface area (Å²) in [6.45, 7) is 0. The molecule has 0 aromatic heterocycles. The minimum Gasteiger partial charge on any atom is -0.265 e. The van der Waals surface area contributed by atoms with Crippen molar-refractivity contribution in [3.63, 3.8) is 0 Å². The maximum absolute atomic E-state index is 4.54. The monoisotopic (exact) mass is 218 g/mol. The molecular formula is C12H14N2S. The van der Waals surface area contributed by atoms with Crippen LogP contribution in [0.15, 0.2) is 60.7 Å². The summed E-state index contributed by atoms with van der Waals surface area (Å²) in [5, 5.41) is 9.08. The van der Waals surface area contributed by atoms with E-state index in [2.05, 4.69) is 58.8 Å². The summed E-state index contributed by atoms with van der Waals surface area (Å²) in [7, 11) is 0. The van der Waals surface area contributed by atoms with Gasteiger partial charge in [0, 0.05) is 0 Å². The van der Waals surface area contributed by atoms with Gasteiger partial charge in [0.2, 0.25) is 0 Å². The average molecular weight is 218 g/mol. The van der Waals surface area contributed by atoms with Crippen molar-refractivity contribution >= 4 is 12.1 Å². The number of hydrogen-bond donors (Lipinski definition) is 2. The molecule has 0 bridgehead atoms. The predicted molar refractivity (Wildman–Crippen MR) is 67.8 cm³/mol. The fourth-order valence-electron chi connectivity index (χ4n) is 1.26. The quantitative estimate of drug-likeness (QED) is 0.724. The fourth-order valence-corrected chi connectivity index (χ4v) is 1.26. The molecule has 2 rings (SSSR count). The highest BCUT2D eigenvalue weighted by molar-refractivity contribution is 7.94. The first-order valence-corrected chi connectivity index (χ1v) is 5.49. The molecule has 15 heavy (non-hydrogen) atoms. The van der Waals surface area contributed by atoms with Gasteiger partial charge in [-0.2, -0.15) is 0 Å². The van der Waals surface area contributed by atoms with Crippen LogP contribution in [-0.4, -0.2) is 0 Å². The Morgan fingerprint density at radius 2 is 0.867 bits per heavy atom. The first-order chi connectivity index (χ1) is 7.38. The van der Waals surface area contributed by atoms with Crippen LogP contribution in [0.3, 0.4) is 0 Å². The predicted octanol–water partition coefficient (Wildman–Crippen LogP) is 2.82. The molecular weight excluding hydrogens is 204 g/mol. The summed E-state index contributed by atoms with van der Waals surface area (Å²) in [5.41, 5.74) is 2.55. The Kier molecular flexibility index (Phi) is 5.55. The van der Waals surface area contributed by atoms with E-state index in [0.717, 1.165) is 12.1 Å². The highest BCUT2D eigenvalue weighted by atomic mass is 32.2. The Morgan fingerprint density at radius 3 is 1.13 bits per heavy atom. The zero-order valence-corrected chi connectivity index (χ0v) is 9.15. The van der Waals surface area contributed by atoms with E-state index in [1.165, 1.54) is 11.1 Å². The molecule has 0 unspecified atom stereocenters. The lowest BCUT2D eigenvalue weighted by atomic mass is 10.1. The van der Waals surface area contributed by atoms with E-state index in [4.69, 9.17) is 0 Å². The van der Waals surface area contributed by atoms with E-state index in [9.17, 15) is 0 Å². The summed E-state index contributed by atoms with van der Waals surface area (Å²) in [5.74, 6) is 0. The van der Waals surface area contributed by atoms with Crippen LogP contribution in [0, 0.1) is 0 Å². The molecule has 0 fully saturated rings. The molecule has 0 spiro atoms. The summed E-state index contributed by atoms with van der Waals surface area (Å²) in [4.78, 5) is 0. The van der Waals surface area contributed by atoms with Crippen molar-refractivity contribution in [2.75, 3.05) is 0 Å². The Labute approximate surface area is 94.6 Å². The van der Waals surface area contributed by atoms with Crippen LogP contribution in [0.2, 0.25) is 0 Å². The third kappa shape index (κ3) is 4.16. The summed E-state index contributed by atoms with van der Waals surface area (Å²) in [6.07, 6.45) is 0. The van der Waals surface area contributed by atoms with Gasteiger partial charge in [-0.25, -0.2) is 0 Å². The lowest BCUT2D eigenvalue weighted by Crippen LogP contribution is -1.83. The minimum absolute atomic E-state index is 0.750. The Morgan fingerprint density at radius 1 is 0.600 bits per heavy atom. The lowest BCUT2D eigenvalue weighted by molar-refractivity contribution is 1.62. The van der Waals surface area contributed by atoms with Crippen molar-refractivity contribution in [2.24, 2.45) is 10.3 Å². The molecule has 0 amide bonds. The third-order valence-corrected chi connectivity index (χ3v) is 1.88. The van der Waals surface area contributed by atoms with E-state index in [1.54, 1.807) is 0 Å². The van der Waals surface area contributed by atoms with E-state index in [1.807, 2.05) is 12.1 Å². The number of benzene rings is 2. The minimum atomic E-state index is 0.750. The molecule has 0 atom stereocenters. The van der Waals surface area contributed by atoms with Crippen LogP contribution in [-0.2, 0) is 0 Å². The van der Waals surface area contributed by atoms with Gasteiger partial charge in [0.1, 0.15) is 0 Å². The van der Waals surface area contributed by atoms with Crippen LogP contribution in [0.4, 0.5) is 0 Å². The molecule has 0 aliphatic rings. The molecule has 0 aliphatic heterocycles. The van der Waals surface area contributed by atoms with Crippen molar-refractivity contribution in [1.29, 1.82) is 0 Å². The van der Waals surface area contributed by atoms with Gasteiger partial charge in [0.05, 0.1) is 0 Å². The second kappa shape index (κ2) is 7.06. The molecule has 0 heterocycles. The molecule has 0 saturated carbocycles. The van der Waals surface area contributed by atoms with Crippen LogP contribution >= 0.6 is 12.1 Å². The highest BCUT2D eigenvalue weighted by Crippen LogP contribution is 2.17. The number of nitrogens with two attached hydrogens (primary N) is 2. The summed E-state index contributed by atoms with van der Waals surface area (Å²) in [6, 6.07) is 20.8. The zero-order chi connectivity index (χ0) is 10.9. The van der Waals surface area contributed by atoms with Gasteiger partial charge in [0.25, 0.3) is 0 Å². The van der Waals surface area contributed by atoms with Crippen molar-refractivity contribution < 1.29 is 0 Å². The average Bonchev–Trinajstić information content (AvgIpc) is 2.32. The molecule has 2 aromatic carbocycles. The largest absolute Gasteiger partial charge is 0.265 e. The van der Waals surface area contributed by atoms with Gasteiger partial charge in [-0.3, -0.25) is 10.3 Å². The Hall–Kier alpha value is -1.29. The van der Waals surface area contributed by atoms with E-state index in [0.29, 0.717) is 0 Å². The molecule has 4 N–H and O–H groups in total. The third-order valence-electron chi connectivity index (χ3n) is 1.88. The number of hydrogen-bond acceptors (Lipinski definition) is 3. The van der Waals surface area contributed by atoms with Crippen LogP contribution < -0.4 is 10.3 Å². The molecule has 2 nitrogen and oxygen atoms in total.